The van der Waals surface area contributed by atoms with E-state index in [1.54, 1.807) is 30.3 Å². The second-order valence-corrected chi connectivity index (χ2v) is 12.0. The van der Waals surface area contributed by atoms with E-state index in [1.165, 1.54) is 37.4 Å². The van der Waals surface area contributed by atoms with Gasteiger partial charge in [-0.15, -0.1) is 21.8 Å². The van der Waals surface area contributed by atoms with Gasteiger partial charge in [-0.1, -0.05) is 24.3 Å². The van der Waals surface area contributed by atoms with Crippen molar-refractivity contribution < 1.29 is 31.3 Å². The van der Waals surface area contributed by atoms with Crippen LogP contribution in [-0.4, -0.2) is 74.9 Å². The SMILES string of the molecule is CN(c1ccccc1)S(=O)(=O)c1cc(O)c2c(N=Nc3ccc(NC(=O)CCl)cc3S(=O)(=O)O)c(N)ccc2c1.[Na]. The van der Waals surface area contributed by atoms with Crippen molar-refractivity contribution in [3.05, 3.63) is 72.8 Å². The Morgan fingerprint density at radius 1 is 1.00 bits per heavy atom. The quantitative estimate of drug-likeness (QED) is 0.0726. The molecule has 209 valence electrons. The number of carbonyl (C=O) groups is 1. The molecule has 0 aliphatic rings. The average Bonchev–Trinajstić information content (AvgIpc) is 2.92. The molecule has 0 aliphatic heterocycles. The second-order valence-electron chi connectivity index (χ2n) is 8.39. The summed E-state index contributed by atoms with van der Waals surface area (Å²) in [6.07, 6.45) is 0. The topological polar surface area (TPSA) is 192 Å². The number of aromatic hydroxyl groups is 1. The van der Waals surface area contributed by atoms with Crippen LogP contribution in [0.4, 0.5) is 28.4 Å². The molecule has 0 spiro atoms. The van der Waals surface area contributed by atoms with Gasteiger partial charge in [0.25, 0.3) is 20.1 Å². The van der Waals surface area contributed by atoms with Crippen molar-refractivity contribution in [3.63, 3.8) is 0 Å². The number of benzene rings is 4. The zero-order valence-electron chi connectivity index (χ0n) is 21.7. The zero-order chi connectivity index (χ0) is 29.2. The van der Waals surface area contributed by atoms with E-state index < -0.39 is 36.7 Å². The number of halogens is 1. The van der Waals surface area contributed by atoms with E-state index >= 15 is 0 Å². The molecule has 12 nitrogen and oxygen atoms in total. The molecule has 0 unspecified atom stereocenters. The summed E-state index contributed by atoms with van der Waals surface area (Å²) in [5.74, 6) is -1.45. The van der Waals surface area contributed by atoms with E-state index in [0.29, 0.717) is 5.69 Å². The van der Waals surface area contributed by atoms with Gasteiger partial charge in [-0.25, -0.2) is 8.42 Å². The predicted octanol–water partition coefficient (Wildman–Crippen LogP) is 4.41. The van der Waals surface area contributed by atoms with Crippen molar-refractivity contribution in [2.75, 3.05) is 28.3 Å². The Morgan fingerprint density at radius 3 is 2.32 bits per heavy atom. The summed E-state index contributed by atoms with van der Waals surface area (Å²) in [6, 6.07) is 17.1. The first-order valence-electron chi connectivity index (χ1n) is 11.3. The number of carbonyl (C=O) groups excluding carboxylic acids is 1. The van der Waals surface area contributed by atoms with Crippen LogP contribution in [0.3, 0.4) is 0 Å². The minimum atomic E-state index is -4.81. The number of nitrogen functional groups attached to an aromatic ring is 1. The number of amides is 1. The second kappa shape index (κ2) is 12.7. The fourth-order valence-corrected chi connectivity index (χ4v) is 5.75. The number of nitrogens with one attached hydrogen (secondary N) is 1. The first kappa shape index (κ1) is 32.3. The maximum absolute atomic E-state index is 13.3. The van der Waals surface area contributed by atoms with Gasteiger partial charge in [0.15, 0.2) is 0 Å². The predicted molar refractivity (Wildman–Crippen MR) is 158 cm³/mol. The van der Waals surface area contributed by atoms with E-state index in [4.69, 9.17) is 17.3 Å². The van der Waals surface area contributed by atoms with E-state index in [0.717, 1.165) is 16.4 Å². The summed E-state index contributed by atoms with van der Waals surface area (Å²) < 4.78 is 61.3. The van der Waals surface area contributed by atoms with Crippen molar-refractivity contribution in [3.8, 4) is 5.75 Å². The van der Waals surface area contributed by atoms with E-state index in [1.807, 2.05) is 0 Å². The third-order valence-electron chi connectivity index (χ3n) is 5.75. The third-order valence-corrected chi connectivity index (χ3v) is 8.64. The Hall–Kier alpha value is -3.24. The average molecular weight is 627 g/mol. The fourth-order valence-electron chi connectivity index (χ4n) is 3.79. The van der Waals surface area contributed by atoms with Gasteiger partial charge < -0.3 is 16.2 Å². The molecular weight excluding hydrogens is 605 g/mol. The molecular formula is C25H22ClN5NaO7S2. The largest absolute Gasteiger partial charge is 0.507 e. The Morgan fingerprint density at radius 2 is 1.68 bits per heavy atom. The van der Waals surface area contributed by atoms with Crippen molar-refractivity contribution in [1.82, 2.24) is 0 Å². The van der Waals surface area contributed by atoms with Crippen molar-refractivity contribution in [1.29, 1.82) is 0 Å². The third kappa shape index (κ3) is 6.98. The van der Waals surface area contributed by atoms with Crippen LogP contribution >= 0.6 is 11.6 Å². The number of nitrogens with zero attached hydrogens (tertiary/aromatic N) is 3. The summed E-state index contributed by atoms with van der Waals surface area (Å²) in [4.78, 5) is 10.7. The molecule has 41 heavy (non-hydrogen) atoms. The molecule has 0 aliphatic carbocycles. The number of sulfonamides is 1. The molecule has 4 aromatic carbocycles. The molecule has 1 radical (unpaired) electrons. The van der Waals surface area contributed by atoms with Gasteiger partial charge in [0, 0.05) is 48.4 Å². The van der Waals surface area contributed by atoms with Gasteiger partial charge in [0.05, 0.1) is 21.7 Å². The Labute approximate surface area is 262 Å². The fraction of sp³-hybridized carbons (Fsp3) is 0.0800. The number of rotatable bonds is 8. The van der Waals surface area contributed by atoms with E-state index in [9.17, 15) is 31.3 Å². The molecule has 0 fully saturated rings. The minimum absolute atomic E-state index is 0. The van der Waals surface area contributed by atoms with Crippen LogP contribution in [0, 0.1) is 0 Å². The van der Waals surface area contributed by atoms with Crippen LogP contribution < -0.4 is 15.4 Å². The van der Waals surface area contributed by atoms with Crippen LogP contribution in [0.15, 0.2) is 92.8 Å². The van der Waals surface area contributed by atoms with Gasteiger partial charge >= 0.3 is 0 Å². The van der Waals surface area contributed by atoms with Gasteiger partial charge in [-0.05, 0) is 47.9 Å². The molecule has 16 heteroatoms. The monoisotopic (exact) mass is 626 g/mol. The zero-order valence-corrected chi connectivity index (χ0v) is 26.1. The first-order chi connectivity index (χ1) is 18.8. The number of anilines is 3. The summed E-state index contributed by atoms with van der Waals surface area (Å²) in [7, 11) is -7.49. The Balaban J connectivity index is 0.00000462. The molecule has 0 saturated carbocycles. The number of alkyl halides is 1. The molecule has 4 aromatic rings. The molecule has 4 rings (SSSR count). The molecule has 0 saturated heterocycles. The van der Waals surface area contributed by atoms with E-state index in [2.05, 4.69) is 15.5 Å². The number of nitrogens with two attached hydrogens (primary N) is 1. The van der Waals surface area contributed by atoms with Crippen molar-refractivity contribution in [2.45, 2.75) is 9.79 Å². The number of azo groups is 1. The number of fused-ring (bicyclic) bond motifs is 1. The van der Waals surface area contributed by atoms with Crippen LogP contribution in [0.1, 0.15) is 0 Å². The first-order valence-corrected chi connectivity index (χ1v) is 14.7. The summed E-state index contributed by atoms with van der Waals surface area (Å²) in [6.45, 7) is 0. The van der Waals surface area contributed by atoms with E-state index in [-0.39, 0.29) is 73.9 Å². The number of hydrogen-bond donors (Lipinski definition) is 4. The van der Waals surface area contributed by atoms with Crippen LogP contribution in [-0.2, 0) is 24.9 Å². The van der Waals surface area contributed by atoms with Gasteiger partial charge in [-0.2, -0.15) is 8.42 Å². The maximum Gasteiger partial charge on any atom is 0.296 e. The van der Waals surface area contributed by atoms with Gasteiger partial charge in [0.2, 0.25) is 5.91 Å². The van der Waals surface area contributed by atoms with Crippen LogP contribution in [0.2, 0.25) is 0 Å². The molecule has 0 atom stereocenters. The molecule has 1 amide bonds. The van der Waals surface area contributed by atoms with Crippen molar-refractivity contribution in [2.24, 2.45) is 10.2 Å². The summed E-state index contributed by atoms with van der Waals surface area (Å²) >= 11 is 5.45. The Bertz CT molecular complexity index is 1870. The smallest absolute Gasteiger partial charge is 0.296 e. The maximum atomic E-state index is 13.3. The van der Waals surface area contributed by atoms with Gasteiger partial charge in [0.1, 0.15) is 27.9 Å². The van der Waals surface area contributed by atoms with Crippen LogP contribution in [0.5, 0.6) is 5.75 Å². The number of para-hydroxylation sites is 1. The number of hydrogen-bond acceptors (Lipinski definition) is 9. The number of phenolic OH excluding ortho intramolecular Hbond substituents is 1. The molecule has 5 N–H and O–H groups in total. The molecule has 0 bridgehead atoms. The standard InChI is InChI=1S/C25H22ClN5O7S2.Na/c1-31(17-5-3-2-4-6-17)39(34,35)18-11-15-7-9-19(27)25(24(15)21(32)13-18)30-29-20-10-8-16(28-23(33)14-26)12-22(20)40(36,37)38;/h2-13,32H,14,27H2,1H3,(H,28,33)(H,36,37,38);. The Kier molecular flexibility index (Phi) is 10.0. The van der Waals surface area contributed by atoms with Crippen LogP contribution in [0.25, 0.3) is 10.8 Å². The molecule has 0 heterocycles. The normalized spacial score (nSPS) is 11.8. The van der Waals surface area contributed by atoms with Crippen molar-refractivity contribution >= 4 is 106 Å². The molecule has 0 aromatic heterocycles. The summed E-state index contributed by atoms with van der Waals surface area (Å²) in [5, 5.41) is 21.5. The minimum Gasteiger partial charge on any atom is -0.507 e. The van der Waals surface area contributed by atoms with Gasteiger partial charge in [-0.3, -0.25) is 13.7 Å². The summed E-state index contributed by atoms with van der Waals surface area (Å²) in [5.41, 5.74) is 6.19. The number of phenols is 1.